The highest BCUT2D eigenvalue weighted by Gasteiger charge is 2.28. The highest BCUT2D eigenvalue weighted by molar-refractivity contribution is 5.94. The van der Waals surface area contributed by atoms with Gasteiger partial charge in [0.2, 0.25) is 0 Å². The summed E-state index contributed by atoms with van der Waals surface area (Å²) in [7, 11) is 0. The topological polar surface area (TPSA) is 68.3 Å². The molecule has 174 valence electrons. The zero-order valence-electron chi connectivity index (χ0n) is 19.6. The van der Waals surface area contributed by atoms with Crippen LogP contribution in [-0.2, 0) is 6.54 Å². The minimum absolute atomic E-state index is 0.173. The smallest absolute Gasteiger partial charge is 0.266 e. The van der Waals surface area contributed by atoms with E-state index in [1.165, 1.54) is 0 Å². The van der Waals surface area contributed by atoms with Crippen LogP contribution in [0.5, 0.6) is 0 Å². The van der Waals surface area contributed by atoms with E-state index in [2.05, 4.69) is 0 Å². The second-order valence-electron chi connectivity index (χ2n) is 8.52. The number of rotatable bonds is 6. The first kappa shape index (κ1) is 22.3. The summed E-state index contributed by atoms with van der Waals surface area (Å²) in [5.41, 5.74) is 2.70. The van der Waals surface area contributed by atoms with Gasteiger partial charge in [0, 0.05) is 5.56 Å². The SMILES string of the molecule is Cc1cccc(-n2c(C(C)N(Cc3ccco3)C(=O)c3ccccc3)nc3ccccc3c2=O)c1. The van der Waals surface area contributed by atoms with Gasteiger partial charge in [-0.1, -0.05) is 42.5 Å². The molecule has 0 radical (unpaired) electrons. The summed E-state index contributed by atoms with van der Waals surface area (Å²) in [4.78, 5) is 34.0. The number of fused-ring (bicyclic) bond motifs is 1. The third-order valence-corrected chi connectivity index (χ3v) is 6.09. The number of carbonyl (C=O) groups excluding carboxylic acids is 1. The maximum Gasteiger partial charge on any atom is 0.266 e. The lowest BCUT2D eigenvalue weighted by molar-refractivity contribution is 0.0648. The Labute approximate surface area is 203 Å². The molecule has 0 aliphatic rings. The molecule has 35 heavy (non-hydrogen) atoms. The van der Waals surface area contributed by atoms with Crippen LogP contribution in [0.25, 0.3) is 16.6 Å². The normalized spacial score (nSPS) is 11.9. The number of furan rings is 1. The number of amides is 1. The Balaban J connectivity index is 1.71. The minimum atomic E-state index is -0.536. The van der Waals surface area contributed by atoms with Crippen molar-refractivity contribution in [2.24, 2.45) is 0 Å². The van der Waals surface area contributed by atoms with Gasteiger partial charge < -0.3 is 9.32 Å². The number of aryl methyl sites for hydroxylation is 1. The number of aromatic nitrogens is 2. The maximum absolute atomic E-state index is 13.7. The van der Waals surface area contributed by atoms with Gasteiger partial charge in [0.15, 0.2) is 0 Å². The van der Waals surface area contributed by atoms with Crippen molar-refractivity contribution >= 4 is 16.8 Å². The van der Waals surface area contributed by atoms with Gasteiger partial charge in [-0.3, -0.25) is 14.2 Å². The molecule has 6 nitrogen and oxygen atoms in total. The fourth-order valence-electron chi connectivity index (χ4n) is 4.29. The molecule has 5 rings (SSSR count). The quantitative estimate of drug-likeness (QED) is 0.324. The molecule has 1 amide bonds. The first-order valence-corrected chi connectivity index (χ1v) is 11.5. The number of carbonyl (C=O) groups is 1. The summed E-state index contributed by atoms with van der Waals surface area (Å²) in [5, 5.41) is 0.525. The number of para-hydroxylation sites is 1. The molecule has 0 aliphatic carbocycles. The first-order chi connectivity index (χ1) is 17.0. The molecule has 0 saturated carbocycles. The molecule has 0 saturated heterocycles. The monoisotopic (exact) mass is 463 g/mol. The summed E-state index contributed by atoms with van der Waals surface area (Å²) >= 11 is 0. The predicted molar refractivity (Wildman–Crippen MR) is 136 cm³/mol. The molecule has 2 heterocycles. The molecule has 1 atom stereocenters. The number of hydrogen-bond donors (Lipinski definition) is 0. The Kier molecular flexibility index (Phi) is 6.02. The van der Waals surface area contributed by atoms with E-state index < -0.39 is 6.04 Å². The Bertz CT molecular complexity index is 1540. The molecule has 5 aromatic rings. The average molecular weight is 464 g/mol. The van der Waals surface area contributed by atoms with E-state index in [0.717, 1.165) is 5.56 Å². The lowest BCUT2D eigenvalue weighted by atomic mass is 10.1. The number of hydrogen-bond acceptors (Lipinski definition) is 4. The summed E-state index contributed by atoms with van der Waals surface area (Å²) < 4.78 is 7.20. The van der Waals surface area contributed by atoms with E-state index in [9.17, 15) is 9.59 Å². The van der Waals surface area contributed by atoms with Crippen LogP contribution >= 0.6 is 0 Å². The first-order valence-electron chi connectivity index (χ1n) is 11.5. The fraction of sp³-hybridized carbons (Fsp3) is 0.138. The Morgan fingerprint density at radius 1 is 0.971 bits per heavy atom. The van der Waals surface area contributed by atoms with Crippen molar-refractivity contribution in [1.29, 1.82) is 0 Å². The summed E-state index contributed by atoms with van der Waals surface area (Å²) in [6, 6.07) is 27.2. The molecule has 6 heteroatoms. The van der Waals surface area contributed by atoms with Crippen molar-refractivity contribution in [2.75, 3.05) is 0 Å². The van der Waals surface area contributed by atoms with Crippen LogP contribution in [0.2, 0.25) is 0 Å². The van der Waals surface area contributed by atoms with Gasteiger partial charge in [0.1, 0.15) is 11.6 Å². The van der Waals surface area contributed by atoms with Crippen molar-refractivity contribution in [3.63, 3.8) is 0 Å². The van der Waals surface area contributed by atoms with Crippen LogP contribution in [0.4, 0.5) is 0 Å². The van der Waals surface area contributed by atoms with Gasteiger partial charge in [-0.05, 0) is 67.9 Å². The molecular weight excluding hydrogens is 438 g/mol. The largest absolute Gasteiger partial charge is 0.467 e. The molecule has 1 unspecified atom stereocenters. The second kappa shape index (κ2) is 9.43. The van der Waals surface area contributed by atoms with E-state index >= 15 is 0 Å². The van der Waals surface area contributed by atoms with Gasteiger partial charge >= 0.3 is 0 Å². The number of nitrogens with zero attached hydrogens (tertiary/aromatic N) is 3. The highest BCUT2D eigenvalue weighted by Crippen LogP contribution is 2.26. The summed E-state index contributed by atoms with van der Waals surface area (Å²) in [5.74, 6) is 0.953. The average Bonchev–Trinajstić information content (AvgIpc) is 3.40. The fourth-order valence-corrected chi connectivity index (χ4v) is 4.29. The predicted octanol–water partition coefficient (Wildman–Crippen LogP) is 5.69. The van der Waals surface area contributed by atoms with Crippen molar-refractivity contribution in [2.45, 2.75) is 26.4 Å². The van der Waals surface area contributed by atoms with Crippen LogP contribution in [0, 0.1) is 6.92 Å². The number of benzene rings is 3. The second-order valence-corrected chi connectivity index (χ2v) is 8.52. The van der Waals surface area contributed by atoms with Crippen LogP contribution in [0.3, 0.4) is 0 Å². The third-order valence-electron chi connectivity index (χ3n) is 6.09. The molecule has 3 aromatic carbocycles. The molecular formula is C29H25N3O3. The van der Waals surface area contributed by atoms with Crippen molar-refractivity contribution in [3.8, 4) is 5.69 Å². The minimum Gasteiger partial charge on any atom is -0.467 e. The zero-order valence-corrected chi connectivity index (χ0v) is 19.6. The van der Waals surface area contributed by atoms with Gasteiger partial charge in [0.25, 0.3) is 11.5 Å². The van der Waals surface area contributed by atoms with Crippen LogP contribution < -0.4 is 5.56 Å². The molecule has 0 aliphatic heterocycles. The van der Waals surface area contributed by atoms with Crippen LogP contribution in [0.15, 0.2) is 106 Å². The third kappa shape index (κ3) is 4.38. The Hall–Kier alpha value is -4.45. The van der Waals surface area contributed by atoms with Gasteiger partial charge in [-0.25, -0.2) is 4.98 Å². The van der Waals surface area contributed by atoms with E-state index in [4.69, 9.17) is 9.40 Å². The van der Waals surface area contributed by atoms with E-state index in [1.54, 1.807) is 40.0 Å². The van der Waals surface area contributed by atoms with E-state index in [1.807, 2.05) is 80.6 Å². The van der Waals surface area contributed by atoms with E-state index in [-0.39, 0.29) is 18.0 Å². The van der Waals surface area contributed by atoms with Crippen LogP contribution in [0.1, 0.15) is 40.5 Å². The van der Waals surface area contributed by atoms with Crippen molar-refractivity contribution in [1.82, 2.24) is 14.5 Å². The maximum atomic E-state index is 13.7. The van der Waals surface area contributed by atoms with Gasteiger partial charge in [-0.2, -0.15) is 0 Å². The molecule has 0 bridgehead atoms. The van der Waals surface area contributed by atoms with Gasteiger partial charge in [0.05, 0.1) is 35.4 Å². The molecule has 0 fully saturated rings. The summed E-state index contributed by atoms with van der Waals surface area (Å²) in [6.07, 6.45) is 1.59. The van der Waals surface area contributed by atoms with E-state index in [0.29, 0.717) is 33.7 Å². The lowest BCUT2D eigenvalue weighted by Gasteiger charge is -2.30. The Morgan fingerprint density at radius 2 is 1.74 bits per heavy atom. The molecule has 0 N–H and O–H groups in total. The highest BCUT2D eigenvalue weighted by atomic mass is 16.3. The van der Waals surface area contributed by atoms with Crippen molar-refractivity contribution in [3.05, 3.63) is 130 Å². The Morgan fingerprint density at radius 3 is 2.49 bits per heavy atom. The van der Waals surface area contributed by atoms with Crippen molar-refractivity contribution < 1.29 is 9.21 Å². The zero-order chi connectivity index (χ0) is 24.4. The van der Waals surface area contributed by atoms with Gasteiger partial charge in [-0.15, -0.1) is 0 Å². The molecule has 0 spiro atoms. The standard InChI is InChI=1S/C29H25N3O3/c1-20-10-8-13-23(18-20)32-27(30-26-16-7-6-15-25(26)29(32)34)21(2)31(19-24-14-9-17-35-24)28(33)22-11-4-3-5-12-22/h3-18,21H,19H2,1-2H3. The van der Waals surface area contributed by atoms with Crippen LogP contribution in [-0.4, -0.2) is 20.4 Å². The molecule has 2 aromatic heterocycles. The summed E-state index contributed by atoms with van der Waals surface area (Å²) in [6.45, 7) is 4.11. The lowest BCUT2D eigenvalue weighted by Crippen LogP contribution is -2.37.